The van der Waals surface area contributed by atoms with Gasteiger partial charge in [-0.15, -0.1) is 11.8 Å². The fourth-order valence-electron chi connectivity index (χ4n) is 2.73. The first kappa shape index (κ1) is 15.5. The van der Waals surface area contributed by atoms with Gasteiger partial charge in [-0.25, -0.2) is 9.59 Å². The molecule has 5 nitrogen and oxygen atoms in total. The maximum Gasteiger partial charge on any atom is 0.327 e. The lowest BCUT2D eigenvalue weighted by Gasteiger charge is -2.34. The molecule has 0 aromatic rings. The predicted octanol–water partition coefficient (Wildman–Crippen LogP) is 2.46. The highest BCUT2D eigenvalue weighted by Gasteiger charge is 2.44. The first-order valence-electron chi connectivity index (χ1n) is 7.36. The first-order valence-corrected chi connectivity index (χ1v) is 8.41. The summed E-state index contributed by atoms with van der Waals surface area (Å²) >= 11 is 1.59. The monoisotopic (exact) mass is 300 g/mol. The Bertz CT molecular complexity index is 387. The van der Waals surface area contributed by atoms with E-state index >= 15 is 0 Å². The van der Waals surface area contributed by atoms with Gasteiger partial charge in [0, 0.05) is 18.8 Å². The highest BCUT2D eigenvalue weighted by molar-refractivity contribution is 8.00. The molecule has 0 aromatic heterocycles. The van der Waals surface area contributed by atoms with Crippen LogP contribution in [-0.4, -0.2) is 57.2 Å². The van der Waals surface area contributed by atoms with Gasteiger partial charge in [-0.2, -0.15) is 0 Å². The summed E-state index contributed by atoms with van der Waals surface area (Å²) in [7, 11) is 1.80. The van der Waals surface area contributed by atoms with Crippen molar-refractivity contribution < 1.29 is 14.7 Å². The van der Waals surface area contributed by atoms with Gasteiger partial charge in [0.25, 0.3) is 0 Å². The van der Waals surface area contributed by atoms with Crippen LogP contribution in [0.4, 0.5) is 4.79 Å². The molecule has 114 valence electrons. The van der Waals surface area contributed by atoms with Crippen LogP contribution in [0.1, 0.15) is 39.5 Å². The molecule has 1 aliphatic carbocycles. The standard InChI is InChI=1S/C14H24N2O3S/c1-4-5-12-16(11(8-20-12)13(17)18)14(19)15(3)9(2)10-6-7-10/h9-12H,4-8H2,1-3H3,(H,17,18). The summed E-state index contributed by atoms with van der Waals surface area (Å²) in [5, 5.41) is 9.34. The van der Waals surface area contributed by atoms with E-state index in [9.17, 15) is 14.7 Å². The second-order valence-corrected chi connectivity index (χ2v) is 7.02. The maximum absolute atomic E-state index is 12.7. The highest BCUT2D eigenvalue weighted by atomic mass is 32.2. The number of carbonyl (C=O) groups is 2. The minimum atomic E-state index is -0.892. The molecule has 20 heavy (non-hydrogen) atoms. The minimum absolute atomic E-state index is 0.00227. The van der Waals surface area contributed by atoms with E-state index in [2.05, 4.69) is 13.8 Å². The van der Waals surface area contributed by atoms with Crippen LogP contribution in [-0.2, 0) is 4.79 Å². The van der Waals surface area contributed by atoms with Gasteiger partial charge >= 0.3 is 12.0 Å². The second-order valence-electron chi connectivity index (χ2n) is 5.81. The van der Waals surface area contributed by atoms with Crippen LogP contribution in [0.2, 0.25) is 0 Å². The summed E-state index contributed by atoms with van der Waals surface area (Å²) in [6, 6.07) is -0.608. The fourth-order valence-corrected chi connectivity index (χ4v) is 4.24. The van der Waals surface area contributed by atoms with Crippen LogP contribution >= 0.6 is 11.8 Å². The molecule has 2 rings (SSSR count). The number of amides is 2. The summed E-state index contributed by atoms with van der Waals surface area (Å²) in [5.41, 5.74) is 0. The number of carbonyl (C=O) groups excluding carboxylic acids is 1. The number of aliphatic carboxylic acids is 1. The zero-order valence-electron chi connectivity index (χ0n) is 12.4. The summed E-state index contributed by atoms with van der Waals surface area (Å²) in [6.45, 7) is 4.12. The molecule has 1 N–H and O–H groups in total. The van der Waals surface area contributed by atoms with Gasteiger partial charge in [-0.05, 0) is 32.1 Å². The number of hydrogen-bond donors (Lipinski definition) is 1. The quantitative estimate of drug-likeness (QED) is 0.847. The van der Waals surface area contributed by atoms with E-state index in [1.807, 2.05) is 0 Å². The summed E-state index contributed by atoms with van der Waals surface area (Å²) < 4.78 is 0. The van der Waals surface area contributed by atoms with Crippen LogP contribution < -0.4 is 0 Å². The molecule has 3 unspecified atom stereocenters. The molecule has 0 aromatic carbocycles. The van der Waals surface area contributed by atoms with Crippen molar-refractivity contribution in [2.24, 2.45) is 5.92 Å². The molecule has 1 aliphatic heterocycles. The van der Waals surface area contributed by atoms with Crippen LogP contribution in [0.15, 0.2) is 0 Å². The molecule has 2 aliphatic rings. The molecule has 0 spiro atoms. The number of urea groups is 1. The third kappa shape index (κ3) is 3.05. The highest BCUT2D eigenvalue weighted by Crippen LogP contribution is 2.37. The smallest absolute Gasteiger partial charge is 0.327 e. The molecule has 2 fully saturated rings. The van der Waals surface area contributed by atoms with Gasteiger partial charge in [0.05, 0.1) is 5.37 Å². The number of thioether (sulfide) groups is 1. The molecular formula is C14H24N2O3S. The number of carboxylic acid groups (broad SMARTS) is 1. The fraction of sp³-hybridized carbons (Fsp3) is 0.857. The lowest BCUT2D eigenvalue weighted by Crippen LogP contribution is -2.52. The van der Waals surface area contributed by atoms with Crippen molar-refractivity contribution in [3.8, 4) is 0 Å². The lowest BCUT2D eigenvalue weighted by molar-refractivity contribution is -0.141. The Labute approximate surface area is 124 Å². The van der Waals surface area contributed by atoms with Crippen LogP contribution in [0.25, 0.3) is 0 Å². The molecule has 1 heterocycles. The van der Waals surface area contributed by atoms with E-state index in [1.165, 1.54) is 12.8 Å². The van der Waals surface area contributed by atoms with Crippen molar-refractivity contribution in [3.05, 3.63) is 0 Å². The van der Waals surface area contributed by atoms with Gasteiger partial charge < -0.3 is 10.0 Å². The van der Waals surface area contributed by atoms with Crippen LogP contribution in [0.3, 0.4) is 0 Å². The Morgan fingerprint density at radius 1 is 1.45 bits per heavy atom. The maximum atomic E-state index is 12.7. The number of rotatable bonds is 5. The van der Waals surface area contributed by atoms with E-state index < -0.39 is 12.0 Å². The largest absolute Gasteiger partial charge is 0.480 e. The van der Waals surface area contributed by atoms with Gasteiger partial charge in [0.1, 0.15) is 6.04 Å². The average Bonchev–Trinajstić information content (AvgIpc) is 3.17. The summed E-state index contributed by atoms with van der Waals surface area (Å²) in [4.78, 5) is 27.4. The third-order valence-corrected chi connectivity index (χ3v) is 5.71. The Kier molecular flexibility index (Phi) is 4.83. The summed E-state index contributed by atoms with van der Waals surface area (Å²) in [6.07, 6.45) is 4.16. The van der Waals surface area contributed by atoms with Gasteiger partial charge in [-0.1, -0.05) is 13.3 Å². The van der Waals surface area contributed by atoms with E-state index in [1.54, 1.807) is 28.6 Å². The van der Waals surface area contributed by atoms with Crippen molar-refractivity contribution in [3.63, 3.8) is 0 Å². The van der Waals surface area contributed by atoms with E-state index in [-0.39, 0.29) is 17.4 Å². The van der Waals surface area contributed by atoms with Gasteiger partial charge in [-0.3, -0.25) is 4.90 Å². The van der Waals surface area contributed by atoms with Gasteiger partial charge in [0.15, 0.2) is 0 Å². The Morgan fingerprint density at radius 2 is 2.10 bits per heavy atom. The van der Waals surface area contributed by atoms with Crippen molar-refractivity contribution in [1.82, 2.24) is 9.80 Å². The first-order chi connectivity index (χ1) is 9.47. The molecule has 1 saturated carbocycles. The van der Waals surface area contributed by atoms with E-state index in [0.717, 1.165) is 12.8 Å². The van der Waals surface area contributed by atoms with Crippen molar-refractivity contribution in [1.29, 1.82) is 0 Å². The number of nitrogens with zero attached hydrogens (tertiary/aromatic N) is 2. The van der Waals surface area contributed by atoms with Crippen molar-refractivity contribution in [2.45, 2.75) is 57.0 Å². The summed E-state index contributed by atoms with van der Waals surface area (Å²) in [5.74, 6) is 0.196. The Morgan fingerprint density at radius 3 is 2.60 bits per heavy atom. The zero-order chi connectivity index (χ0) is 14.9. The molecule has 1 saturated heterocycles. The minimum Gasteiger partial charge on any atom is -0.480 e. The second kappa shape index (κ2) is 6.24. The molecule has 6 heteroatoms. The molecule has 2 amide bonds. The number of carboxylic acids is 1. The molecule has 0 radical (unpaired) electrons. The van der Waals surface area contributed by atoms with Gasteiger partial charge in [0.2, 0.25) is 0 Å². The molecule has 0 bridgehead atoms. The third-order valence-electron chi connectivity index (χ3n) is 4.35. The van der Waals surface area contributed by atoms with Crippen molar-refractivity contribution in [2.75, 3.05) is 12.8 Å². The molecular weight excluding hydrogens is 276 g/mol. The topological polar surface area (TPSA) is 60.9 Å². The van der Waals surface area contributed by atoms with Crippen molar-refractivity contribution >= 4 is 23.8 Å². The van der Waals surface area contributed by atoms with E-state index in [4.69, 9.17) is 0 Å². The SMILES string of the molecule is CCCC1SCC(C(=O)O)N1C(=O)N(C)C(C)C1CC1. The predicted molar refractivity (Wildman–Crippen MR) is 79.8 cm³/mol. The number of hydrogen-bond acceptors (Lipinski definition) is 3. The average molecular weight is 300 g/mol. The lowest BCUT2D eigenvalue weighted by atomic mass is 10.2. The van der Waals surface area contributed by atoms with Crippen LogP contribution in [0.5, 0.6) is 0 Å². The molecule has 3 atom stereocenters. The Hall–Kier alpha value is -0.910. The Balaban J connectivity index is 2.11. The van der Waals surface area contributed by atoms with Crippen LogP contribution in [0, 0.1) is 5.92 Å². The van der Waals surface area contributed by atoms with E-state index in [0.29, 0.717) is 11.7 Å². The zero-order valence-corrected chi connectivity index (χ0v) is 13.2. The normalized spacial score (nSPS) is 27.4.